The van der Waals surface area contributed by atoms with Gasteiger partial charge in [0.25, 0.3) is 5.91 Å². The maximum Gasteiger partial charge on any atom is 0.325 e. The molecule has 23 heavy (non-hydrogen) atoms. The first-order valence-electron chi connectivity index (χ1n) is 9.09. The summed E-state index contributed by atoms with van der Waals surface area (Å²) in [6.45, 7) is 10.8. The number of carbonyl (C=O) groups excluding carboxylic acids is 2. The zero-order chi connectivity index (χ0) is 16.4. The number of likely N-dealkylation sites (tertiary alicyclic amines) is 2. The first-order chi connectivity index (χ1) is 11.0. The van der Waals surface area contributed by atoms with E-state index >= 15 is 0 Å². The second-order valence-electron chi connectivity index (χ2n) is 7.71. The van der Waals surface area contributed by atoms with Crippen LogP contribution in [0, 0.1) is 5.92 Å². The minimum absolute atomic E-state index is 0.00546. The second kappa shape index (κ2) is 6.77. The molecule has 0 atom stereocenters. The molecule has 3 rings (SSSR count). The fraction of sp³-hybridized carbons (Fsp3) is 0.882. The van der Waals surface area contributed by atoms with Crippen LogP contribution in [0.25, 0.3) is 0 Å². The Hall–Kier alpha value is -1.14. The van der Waals surface area contributed by atoms with Crippen molar-refractivity contribution in [2.45, 2.75) is 45.1 Å². The highest BCUT2D eigenvalue weighted by molar-refractivity contribution is 6.07. The molecule has 0 radical (unpaired) electrons. The zero-order valence-corrected chi connectivity index (χ0v) is 14.5. The summed E-state index contributed by atoms with van der Waals surface area (Å²) in [6, 6.07) is -0.188. The minimum Gasteiger partial charge on any atom is -0.323 e. The molecule has 1 spiro atoms. The van der Waals surface area contributed by atoms with Gasteiger partial charge in [-0.3, -0.25) is 9.69 Å². The normalized spacial score (nSPS) is 25.8. The van der Waals surface area contributed by atoms with E-state index in [0.29, 0.717) is 12.5 Å². The van der Waals surface area contributed by atoms with E-state index in [9.17, 15) is 9.59 Å². The van der Waals surface area contributed by atoms with Crippen LogP contribution in [0.3, 0.4) is 0 Å². The Morgan fingerprint density at radius 1 is 1.00 bits per heavy atom. The van der Waals surface area contributed by atoms with Crippen molar-refractivity contribution in [3.05, 3.63) is 0 Å². The molecule has 3 amide bonds. The Morgan fingerprint density at radius 3 is 2.26 bits per heavy atom. The molecule has 130 valence electrons. The van der Waals surface area contributed by atoms with Crippen LogP contribution in [-0.2, 0) is 4.79 Å². The molecule has 0 aromatic carbocycles. The first-order valence-corrected chi connectivity index (χ1v) is 9.09. The third-order valence-electron chi connectivity index (χ3n) is 5.42. The van der Waals surface area contributed by atoms with Gasteiger partial charge in [0.1, 0.15) is 5.54 Å². The van der Waals surface area contributed by atoms with Gasteiger partial charge in [0.05, 0.1) is 0 Å². The molecule has 6 nitrogen and oxygen atoms in total. The van der Waals surface area contributed by atoms with E-state index in [1.165, 1.54) is 17.7 Å². The smallest absolute Gasteiger partial charge is 0.323 e. The molecule has 6 heteroatoms. The van der Waals surface area contributed by atoms with E-state index < -0.39 is 5.54 Å². The lowest BCUT2D eigenvalue weighted by atomic mass is 9.87. The predicted molar refractivity (Wildman–Crippen MR) is 89.2 cm³/mol. The Morgan fingerprint density at radius 2 is 1.65 bits per heavy atom. The topological polar surface area (TPSA) is 55.9 Å². The van der Waals surface area contributed by atoms with E-state index in [2.05, 4.69) is 29.0 Å². The van der Waals surface area contributed by atoms with Crippen molar-refractivity contribution >= 4 is 11.9 Å². The number of hydrogen-bond acceptors (Lipinski definition) is 4. The fourth-order valence-corrected chi connectivity index (χ4v) is 4.10. The van der Waals surface area contributed by atoms with Gasteiger partial charge in [-0.1, -0.05) is 13.8 Å². The zero-order valence-electron chi connectivity index (χ0n) is 14.5. The van der Waals surface area contributed by atoms with Crippen molar-refractivity contribution in [3.63, 3.8) is 0 Å². The highest BCUT2D eigenvalue weighted by Crippen LogP contribution is 2.29. The molecule has 3 aliphatic heterocycles. The molecule has 3 aliphatic rings. The molecule has 0 aromatic rings. The Labute approximate surface area is 139 Å². The number of amides is 3. The molecule has 1 N–H and O–H groups in total. The SMILES string of the molecule is CC(C)CN1CCC2(CC1)NC(=O)N(CCN1CCCC1)C2=O. The van der Waals surface area contributed by atoms with Crippen LogP contribution in [0.5, 0.6) is 0 Å². The van der Waals surface area contributed by atoms with Gasteiger partial charge in [0.2, 0.25) is 0 Å². The van der Waals surface area contributed by atoms with Crippen LogP contribution >= 0.6 is 0 Å². The third-order valence-corrected chi connectivity index (χ3v) is 5.42. The number of urea groups is 1. The van der Waals surface area contributed by atoms with Crippen LogP contribution in [0.1, 0.15) is 39.5 Å². The first kappa shape index (κ1) is 16.7. The third kappa shape index (κ3) is 3.53. The van der Waals surface area contributed by atoms with Crippen molar-refractivity contribution < 1.29 is 9.59 Å². The lowest BCUT2D eigenvalue weighted by molar-refractivity contribution is -0.133. The van der Waals surface area contributed by atoms with Gasteiger partial charge in [0.15, 0.2) is 0 Å². The van der Waals surface area contributed by atoms with Crippen molar-refractivity contribution in [1.82, 2.24) is 20.0 Å². The van der Waals surface area contributed by atoms with E-state index in [1.807, 2.05) is 0 Å². The van der Waals surface area contributed by atoms with Crippen LogP contribution in [0.15, 0.2) is 0 Å². The van der Waals surface area contributed by atoms with E-state index in [0.717, 1.165) is 52.1 Å². The lowest BCUT2D eigenvalue weighted by Gasteiger charge is -2.38. The summed E-state index contributed by atoms with van der Waals surface area (Å²) in [7, 11) is 0. The van der Waals surface area contributed by atoms with Gasteiger partial charge in [0, 0.05) is 32.7 Å². The molecular formula is C17H30N4O2. The van der Waals surface area contributed by atoms with Crippen molar-refractivity contribution in [2.75, 3.05) is 45.8 Å². The lowest BCUT2D eigenvalue weighted by Crippen LogP contribution is -2.55. The summed E-state index contributed by atoms with van der Waals surface area (Å²) in [5, 5.41) is 3.01. The summed E-state index contributed by atoms with van der Waals surface area (Å²) in [6.07, 6.45) is 3.94. The second-order valence-corrected chi connectivity index (χ2v) is 7.71. The fourth-order valence-electron chi connectivity index (χ4n) is 4.10. The Bertz CT molecular complexity index is 452. The van der Waals surface area contributed by atoms with E-state index in [1.54, 1.807) is 0 Å². The molecule has 3 saturated heterocycles. The van der Waals surface area contributed by atoms with Gasteiger partial charge in [-0.25, -0.2) is 4.79 Å². The van der Waals surface area contributed by atoms with E-state index in [-0.39, 0.29) is 11.9 Å². The molecule has 0 bridgehead atoms. The van der Waals surface area contributed by atoms with Crippen LogP contribution in [0.2, 0.25) is 0 Å². The number of imide groups is 1. The number of piperidine rings is 1. The average molecular weight is 322 g/mol. The summed E-state index contributed by atoms with van der Waals surface area (Å²) < 4.78 is 0. The van der Waals surface area contributed by atoms with Gasteiger partial charge >= 0.3 is 6.03 Å². The number of carbonyl (C=O) groups is 2. The predicted octanol–water partition coefficient (Wildman–Crippen LogP) is 1.12. The molecule has 0 aromatic heterocycles. The standard InChI is InChI=1S/C17H30N4O2/c1-14(2)13-20-9-5-17(6-10-20)15(22)21(16(23)18-17)12-11-19-7-3-4-8-19/h14H,3-13H2,1-2H3,(H,18,23). The summed E-state index contributed by atoms with van der Waals surface area (Å²) in [5.74, 6) is 0.640. The maximum atomic E-state index is 12.8. The number of hydrogen-bond donors (Lipinski definition) is 1. The van der Waals surface area contributed by atoms with Crippen LogP contribution < -0.4 is 5.32 Å². The average Bonchev–Trinajstić information content (AvgIpc) is 3.08. The Kier molecular flexibility index (Phi) is 4.92. The number of nitrogens with zero attached hydrogens (tertiary/aromatic N) is 3. The molecule has 3 fully saturated rings. The van der Waals surface area contributed by atoms with Gasteiger partial charge in [-0.2, -0.15) is 0 Å². The highest BCUT2D eigenvalue weighted by Gasteiger charge is 2.52. The Balaban J connectivity index is 1.55. The number of rotatable bonds is 5. The molecule has 0 saturated carbocycles. The van der Waals surface area contributed by atoms with E-state index in [4.69, 9.17) is 0 Å². The van der Waals surface area contributed by atoms with Crippen molar-refractivity contribution in [3.8, 4) is 0 Å². The quantitative estimate of drug-likeness (QED) is 0.771. The minimum atomic E-state index is -0.629. The molecular weight excluding hydrogens is 292 g/mol. The van der Waals surface area contributed by atoms with Crippen molar-refractivity contribution in [1.29, 1.82) is 0 Å². The monoisotopic (exact) mass is 322 g/mol. The largest absolute Gasteiger partial charge is 0.325 e. The molecule has 3 heterocycles. The molecule has 0 unspecified atom stereocenters. The summed E-state index contributed by atoms with van der Waals surface area (Å²) in [4.78, 5) is 31.3. The van der Waals surface area contributed by atoms with Gasteiger partial charge in [-0.05, 0) is 44.7 Å². The van der Waals surface area contributed by atoms with Gasteiger partial charge in [-0.15, -0.1) is 0 Å². The molecule has 0 aliphatic carbocycles. The highest BCUT2D eigenvalue weighted by atomic mass is 16.2. The summed E-state index contributed by atoms with van der Waals surface area (Å²) in [5.41, 5.74) is -0.629. The number of nitrogens with one attached hydrogen (secondary N) is 1. The van der Waals surface area contributed by atoms with Crippen LogP contribution in [0.4, 0.5) is 4.79 Å². The van der Waals surface area contributed by atoms with Crippen LogP contribution in [-0.4, -0.2) is 78.0 Å². The van der Waals surface area contributed by atoms with Crippen molar-refractivity contribution in [2.24, 2.45) is 5.92 Å². The summed E-state index contributed by atoms with van der Waals surface area (Å²) >= 11 is 0. The van der Waals surface area contributed by atoms with Gasteiger partial charge < -0.3 is 15.1 Å². The maximum absolute atomic E-state index is 12.8.